The van der Waals surface area contributed by atoms with Crippen molar-refractivity contribution in [1.29, 1.82) is 0 Å². The van der Waals surface area contributed by atoms with E-state index in [2.05, 4.69) is 67.2 Å². The van der Waals surface area contributed by atoms with Crippen LogP contribution in [0.1, 0.15) is 87.0 Å². The predicted molar refractivity (Wildman–Crippen MR) is 119 cm³/mol. The molecule has 0 aromatic rings. The average molecular weight is 373 g/mol. The summed E-state index contributed by atoms with van der Waals surface area (Å²) in [5.41, 5.74) is 7.33. The highest BCUT2D eigenvalue weighted by molar-refractivity contribution is 5.87. The summed E-state index contributed by atoms with van der Waals surface area (Å²) in [6.07, 6.45) is 12.2. The number of rotatable bonds is 12. The largest absolute Gasteiger partial charge is 0.458 e. The van der Waals surface area contributed by atoms with Gasteiger partial charge in [0.15, 0.2) is 0 Å². The SMILES string of the molecule is C=C(CCC=C(C)CCC=C(C)C)C(=O)OCC=C(C)CCC(C)=C(C)C. The van der Waals surface area contributed by atoms with Crippen molar-refractivity contribution >= 4 is 5.97 Å². The summed E-state index contributed by atoms with van der Waals surface area (Å²) >= 11 is 0. The minimum atomic E-state index is -0.282. The van der Waals surface area contributed by atoms with Crippen LogP contribution < -0.4 is 0 Å². The average Bonchev–Trinajstić information content (AvgIpc) is 2.58. The van der Waals surface area contributed by atoms with Gasteiger partial charge in [-0.25, -0.2) is 4.79 Å². The Bertz CT molecular complexity index is 604. The molecule has 0 N–H and O–H groups in total. The van der Waals surface area contributed by atoms with Crippen molar-refractivity contribution in [2.45, 2.75) is 87.0 Å². The Morgan fingerprint density at radius 3 is 1.96 bits per heavy atom. The van der Waals surface area contributed by atoms with Crippen molar-refractivity contribution in [1.82, 2.24) is 0 Å². The molecule has 0 heterocycles. The number of esters is 1. The molecule has 0 amide bonds. The first-order chi connectivity index (χ1) is 12.6. The molecule has 2 nitrogen and oxygen atoms in total. The van der Waals surface area contributed by atoms with Crippen LogP contribution in [0.5, 0.6) is 0 Å². The van der Waals surface area contributed by atoms with Crippen LogP contribution in [0.15, 0.2) is 58.2 Å². The predicted octanol–water partition coefficient (Wildman–Crippen LogP) is 7.64. The quantitative estimate of drug-likeness (QED) is 0.200. The van der Waals surface area contributed by atoms with Gasteiger partial charge in [-0.2, -0.15) is 0 Å². The number of ether oxygens (including phenoxy) is 1. The molecule has 0 radical (unpaired) electrons. The smallest absolute Gasteiger partial charge is 0.333 e. The van der Waals surface area contributed by atoms with Gasteiger partial charge in [-0.3, -0.25) is 0 Å². The third-order valence-corrected chi connectivity index (χ3v) is 4.71. The lowest BCUT2D eigenvalue weighted by Crippen LogP contribution is -2.07. The summed E-state index contributed by atoms with van der Waals surface area (Å²) in [5.74, 6) is -0.282. The zero-order valence-corrected chi connectivity index (χ0v) is 18.7. The summed E-state index contributed by atoms with van der Waals surface area (Å²) < 4.78 is 5.32. The van der Waals surface area contributed by atoms with E-state index in [1.807, 2.05) is 6.08 Å². The molecule has 0 aliphatic carbocycles. The number of carbonyl (C=O) groups is 1. The van der Waals surface area contributed by atoms with Crippen molar-refractivity contribution in [3.8, 4) is 0 Å². The summed E-state index contributed by atoms with van der Waals surface area (Å²) in [6.45, 7) is 19.1. The molecule has 2 heteroatoms. The molecule has 0 saturated heterocycles. The minimum absolute atomic E-state index is 0.282. The molecule has 0 bridgehead atoms. The van der Waals surface area contributed by atoms with Gasteiger partial charge in [0.2, 0.25) is 0 Å². The molecule has 0 aliphatic heterocycles. The molecule has 0 saturated carbocycles. The van der Waals surface area contributed by atoms with Gasteiger partial charge in [-0.15, -0.1) is 0 Å². The summed E-state index contributed by atoms with van der Waals surface area (Å²) in [4.78, 5) is 12.0. The van der Waals surface area contributed by atoms with Crippen molar-refractivity contribution < 1.29 is 9.53 Å². The minimum Gasteiger partial charge on any atom is -0.458 e. The van der Waals surface area contributed by atoms with Gasteiger partial charge in [0.05, 0.1) is 0 Å². The third kappa shape index (κ3) is 14.0. The van der Waals surface area contributed by atoms with Crippen LogP contribution in [0.3, 0.4) is 0 Å². The Morgan fingerprint density at radius 1 is 0.778 bits per heavy atom. The van der Waals surface area contributed by atoms with Crippen LogP contribution in [0.25, 0.3) is 0 Å². The van der Waals surface area contributed by atoms with Crippen LogP contribution in [-0.2, 0) is 9.53 Å². The highest BCUT2D eigenvalue weighted by Crippen LogP contribution is 2.15. The normalized spacial score (nSPS) is 11.8. The molecule has 0 rings (SSSR count). The lowest BCUT2D eigenvalue weighted by atomic mass is 10.0. The Balaban J connectivity index is 4.14. The fraction of sp³-hybridized carbons (Fsp3) is 0.560. The maximum atomic E-state index is 12.0. The fourth-order valence-electron chi connectivity index (χ4n) is 2.38. The van der Waals surface area contributed by atoms with Gasteiger partial charge in [-0.1, -0.05) is 46.6 Å². The van der Waals surface area contributed by atoms with Crippen LogP contribution in [0.4, 0.5) is 0 Å². The number of allylic oxidation sites excluding steroid dienone is 7. The first-order valence-corrected chi connectivity index (χ1v) is 10.1. The maximum absolute atomic E-state index is 12.0. The molecule has 0 aliphatic rings. The summed E-state index contributed by atoms with van der Waals surface area (Å²) in [6, 6.07) is 0. The number of hydrogen-bond donors (Lipinski definition) is 0. The van der Waals surface area contributed by atoms with Gasteiger partial charge in [-0.05, 0) is 93.1 Å². The Hall–Kier alpha value is -1.83. The second-order valence-electron chi connectivity index (χ2n) is 7.94. The molecule has 0 spiro atoms. The third-order valence-electron chi connectivity index (χ3n) is 4.71. The van der Waals surface area contributed by atoms with Crippen LogP contribution in [0.2, 0.25) is 0 Å². The van der Waals surface area contributed by atoms with E-state index in [0.29, 0.717) is 18.6 Å². The second kappa shape index (κ2) is 14.3. The molecule has 0 atom stereocenters. The van der Waals surface area contributed by atoms with E-state index < -0.39 is 0 Å². The van der Waals surface area contributed by atoms with E-state index in [4.69, 9.17) is 4.74 Å². The number of hydrogen-bond acceptors (Lipinski definition) is 2. The van der Waals surface area contributed by atoms with Crippen LogP contribution in [0, 0.1) is 0 Å². The Labute approximate surface area is 167 Å². The van der Waals surface area contributed by atoms with Gasteiger partial charge in [0.1, 0.15) is 6.61 Å². The molecule has 0 aromatic carbocycles. The topological polar surface area (TPSA) is 26.3 Å². The highest BCUT2D eigenvalue weighted by Gasteiger charge is 2.07. The van der Waals surface area contributed by atoms with Gasteiger partial charge in [0, 0.05) is 5.57 Å². The van der Waals surface area contributed by atoms with Crippen molar-refractivity contribution in [3.05, 3.63) is 58.2 Å². The standard InChI is InChI=1S/C25H40O2/c1-19(2)11-9-12-21(5)13-10-14-24(8)25(26)27-18-17-22(6)15-16-23(7)20(3)4/h11,13,17H,8-10,12,14-16,18H2,1-7H3. The molecule has 0 unspecified atom stereocenters. The Kier molecular flexibility index (Phi) is 13.3. The van der Waals surface area contributed by atoms with Gasteiger partial charge in [0.25, 0.3) is 0 Å². The first-order valence-electron chi connectivity index (χ1n) is 10.1. The zero-order chi connectivity index (χ0) is 20.8. The van der Waals surface area contributed by atoms with Gasteiger partial charge >= 0.3 is 5.97 Å². The van der Waals surface area contributed by atoms with E-state index in [-0.39, 0.29) is 5.97 Å². The lowest BCUT2D eigenvalue weighted by Gasteiger charge is -2.07. The first kappa shape index (κ1) is 25.2. The van der Waals surface area contributed by atoms with E-state index in [9.17, 15) is 4.79 Å². The van der Waals surface area contributed by atoms with Crippen molar-refractivity contribution in [2.75, 3.05) is 6.61 Å². The summed E-state index contributed by atoms with van der Waals surface area (Å²) in [7, 11) is 0. The molecule has 0 aromatic heterocycles. The maximum Gasteiger partial charge on any atom is 0.333 e. The van der Waals surface area contributed by atoms with E-state index in [1.54, 1.807) is 0 Å². The lowest BCUT2D eigenvalue weighted by molar-refractivity contribution is -0.137. The van der Waals surface area contributed by atoms with Crippen LogP contribution >= 0.6 is 0 Å². The van der Waals surface area contributed by atoms with E-state index in [1.165, 1.54) is 27.9 Å². The molecular weight excluding hydrogens is 332 g/mol. The summed E-state index contributed by atoms with van der Waals surface area (Å²) in [5, 5.41) is 0. The van der Waals surface area contributed by atoms with Crippen LogP contribution in [-0.4, -0.2) is 12.6 Å². The Morgan fingerprint density at radius 2 is 1.37 bits per heavy atom. The fourth-order valence-corrected chi connectivity index (χ4v) is 2.38. The monoisotopic (exact) mass is 372 g/mol. The molecule has 0 fully saturated rings. The molecular formula is C25H40O2. The highest BCUT2D eigenvalue weighted by atomic mass is 16.5. The zero-order valence-electron chi connectivity index (χ0n) is 18.7. The molecule has 27 heavy (non-hydrogen) atoms. The van der Waals surface area contributed by atoms with Crippen molar-refractivity contribution in [3.63, 3.8) is 0 Å². The second-order valence-corrected chi connectivity index (χ2v) is 7.94. The van der Waals surface area contributed by atoms with E-state index in [0.717, 1.165) is 32.1 Å². The van der Waals surface area contributed by atoms with Crippen molar-refractivity contribution in [2.24, 2.45) is 0 Å². The van der Waals surface area contributed by atoms with E-state index >= 15 is 0 Å². The molecule has 152 valence electrons. The number of carbonyl (C=O) groups excluding carboxylic acids is 1. The van der Waals surface area contributed by atoms with Gasteiger partial charge < -0.3 is 4.74 Å².